The lowest BCUT2D eigenvalue weighted by Gasteiger charge is -2.30. The number of piperidine rings is 1. The van der Waals surface area contributed by atoms with Crippen LogP contribution in [-0.4, -0.2) is 25.0 Å². The first-order valence-electron chi connectivity index (χ1n) is 6.67. The van der Waals surface area contributed by atoms with Gasteiger partial charge in [-0.3, -0.25) is 4.79 Å². The maximum absolute atomic E-state index is 13.6. The summed E-state index contributed by atoms with van der Waals surface area (Å²) in [5.41, 5.74) is -1.61. The Hall–Kier alpha value is -1.63. The first-order chi connectivity index (χ1) is 9.79. The lowest BCUT2D eigenvalue weighted by atomic mass is 9.95. The number of carbonyl (C=O) groups is 1. The molecule has 1 aliphatic rings. The highest BCUT2D eigenvalue weighted by atomic mass is 19.4. The van der Waals surface area contributed by atoms with Gasteiger partial charge in [0.25, 0.3) is 5.91 Å². The normalized spacial score (nSPS) is 22.9. The molecule has 1 aliphatic heterocycles. The van der Waals surface area contributed by atoms with Gasteiger partial charge in [0.05, 0.1) is 11.1 Å². The third-order valence-corrected chi connectivity index (χ3v) is 3.64. The third-order valence-electron chi connectivity index (χ3n) is 3.64. The molecule has 7 heteroatoms. The van der Waals surface area contributed by atoms with Crippen molar-refractivity contribution < 1.29 is 22.4 Å². The Morgan fingerprint density at radius 3 is 2.71 bits per heavy atom. The van der Waals surface area contributed by atoms with Gasteiger partial charge >= 0.3 is 6.18 Å². The summed E-state index contributed by atoms with van der Waals surface area (Å²) < 4.78 is 51.5. The fourth-order valence-electron chi connectivity index (χ4n) is 2.35. The second-order valence-corrected chi connectivity index (χ2v) is 5.24. The SMILES string of the molecule is CC1CNCCC1NC(=O)c1cc(C(F)(F)F)ccc1F. The number of hydrogen-bond donors (Lipinski definition) is 2. The molecule has 0 bridgehead atoms. The predicted molar refractivity (Wildman–Crippen MR) is 69.3 cm³/mol. The van der Waals surface area contributed by atoms with E-state index in [-0.39, 0.29) is 12.0 Å². The molecule has 1 aromatic rings. The summed E-state index contributed by atoms with van der Waals surface area (Å²) in [5, 5.41) is 5.76. The molecule has 1 amide bonds. The largest absolute Gasteiger partial charge is 0.416 e. The van der Waals surface area contributed by atoms with E-state index in [1.807, 2.05) is 6.92 Å². The van der Waals surface area contributed by atoms with Crippen LogP contribution in [0.15, 0.2) is 18.2 Å². The smallest absolute Gasteiger partial charge is 0.349 e. The van der Waals surface area contributed by atoms with Gasteiger partial charge in [-0.05, 0) is 43.6 Å². The lowest BCUT2D eigenvalue weighted by Crippen LogP contribution is -2.48. The molecule has 1 heterocycles. The van der Waals surface area contributed by atoms with Crippen molar-refractivity contribution in [3.8, 4) is 0 Å². The fraction of sp³-hybridized carbons (Fsp3) is 0.500. The zero-order valence-corrected chi connectivity index (χ0v) is 11.4. The van der Waals surface area contributed by atoms with Gasteiger partial charge in [0.1, 0.15) is 5.82 Å². The number of halogens is 4. The third kappa shape index (κ3) is 3.72. The molecule has 3 nitrogen and oxygen atoms in total. The van der Waals surface area contributed by atoms with Gasteiger partial charge in [0, 0.05) is 6.04 Å². The van der Waals surface area contributed by atoms with E-state index in [1.165, 1.54) is 0 Å². The molecule has 0 radical (unpaired) electrons. The minimum atomic E-state index is -4.61. The Kier molecular flexibility index (Phi) is 4.51. The first kappa shape index (κ1) is 15.8. The summed E-state index contributed by atoms with van der Waals surface area (Å²) in [6.45, 7) is 3.33. The van der Waals surface area contributed by atoms with Crippen molar-refractivity contribution in [1.29, 1.82) is 0 Å². The maximum Gasteiger partial charge on any atom is 0.416 e. The average Bonchev–Trinajstić information content (AvgIpc) is 2.40. The molecule has 0 spiro atoms. The predicted octanol–water partition coefficient (Wildman–Crippen LogP) is 2.57. The second kappa shape index (κ2) is 6.01. The van der Waals surface area contributed by atoms with Crippen LogP contribution < -0.4 is 10.6 Å². The molecule has 1 fully saturated rings. The number of carbonyl (C=O) groups excluding carboxylic acids is 1. The van der Waals surface area contributed by atoms with Crippen molar-refractivity contribution >= 4 is 5.91 Å². The zero-order chi connectivity index (χ0) is 15.6. The molecule has 1 saturated heterocycles. The Labute approximate surface area is 119 Å². The Balaban J connectivity index is 2.18. The topological polar surface area (TPSA) is 41.1 Å². The van der Waals surface area contributed by atoms with Crippen LogP contribution in [0, 0.1) is 11.7 Å². The molecule has 116 valence electrons. The zero-order valence-electron chi connectivity index (χ0n) is 11.4. The molecule has 2 N–H and O–H groups in total. The second-order valence-electron chi connectivity index (χ2n) is 5.24. The minimum Gasteiger partial charge on any atom is -0.349 e. The summed E-state index contributed by atoms with van der Waals surface area (Å²) in [7, 11) is 0. The van der Waals surface area contributed by atoms with Gasteiger partial charge in [-0.1, -0.05) is 6.92 Å². The molecule has 0 aromatic heterocycles. The van der Waals surface area contributed by atoms with Crippen LogP contribution in [0.25, 0.3) is 0 Å². The number of benzene rings is 1. The van der Waals surface area contributed by atoms with Crippen LogP contribution in [0.5, 0.6) is 0 Å². The van der Waals surface area contributed by atoms with Gasteiger partial charge in [-0.25, -0.2) is 4.39 Å². The summed E-state index contributed by atoms with van der Waals surface area (Å²) in [4.78, 5) is 12.0. The first-order valence-corrected chi connectivity index (χ1v) is 6.67. The standard InChI is InChI=1S/C14H16F4N2O/c1-8-7-19-5-4-12(8)20-13(21)10-6-9(14(16,17)18)2-3-11(10)15/h2-3,6,8,12,19H,4-5,7H2,1H3,(H,20,21). The van der Waals surface area contributed by atoms with E-state index in [0.717, 1.165) is 0 Å². The van der Waals surface area contributed by atoms with Crippen molar-refractivity contribution in [3.63, 3.8) is 0 Å². The quantitative estimate of drug-likeness (QED) is 0.825. The Morgan fingerprint density at radius 1 is 1.38 bits per heavy atom. The fourth-order valence-corrected chi connectivity index (χ4v) is 2.35. The Morgan fingerprint density at radius 2 is 2.10 bits per heavy atom. The van der Waals surface area contributed by atoms with E-state index in [9.17, 15) is 22.4 Å². The van der Waals surface area contributed by atoms with Gasteiger partial charge in [-0.15, -0.1) is 0 Å². The molecule has 2 rings (SSSR count). The molecule has 2 atom stereocenters. The minimum absolute atomic E-state index is 0.136. The number of amides is 1. The van der Waals surface area contributed by atoms with E-state index in [1.54, 1.807) is 0 Å². The van der Waals surface area contributed by atoms with Gasteiger partial charge in [0.2, 0.25) is 0 Å². The molecular weight excluding hydrogens is 288 g/mol. The summed E-state index contributed by atoms with van der Waals surface area (Å²) in [5.74, 6) is -1.63. The molecule has 0 saturated carbocycles. The van der Waals surface area contributed by atoms with Crippen molar-refractivity contribution in [2.45, 2.75) is 25.6 Å². The van der Waals surface area contributed by atoms with Crippen molar-refractivity contribution in [1.82, 2.24) is 10.6 Å². The van der Waals surface area contributed by atoms with Gasteiger partial charge in [0.15, 0.2) is 0 Å². The van der Waals surface area contributed by atoms with E-state index in [2.05, 4.69) is 10.6 Å². The van der Waals surface area contributed by atoms with Gasteiger partial charge < -0.3 is 10.6 Å². The van der Waals surface area contributed by atoms with Gasteiger partial charge in [-0.2, -0.15) is 13.2 Å². The number of hydrogen-bond acceptors (Lipinski definition) is 2. The van der Waals surface area contributed by atoms with Crippen LogP contribution in [0.2, 0.25) is 0 Å². The number of alkyl halides is 3. The van der Waals surface area contributed by atoms with Crippen LogP contribution >= 0.6 is 0 Å². The van der Waals surface area contributed by atoms with Crippen LogP contribution in [0.3, 0.4) is 0 Å². The maximum atomic E-state index is 13.6. The summed E-state index contributed by atoms with van der Waals surface area (Å²) in [6.07, 6.45) is -3.95. The molecule has 2 unspecified atom stereocenters. The van der Waals surface area contributed by atoms with Crippen molar-refractivity contribution in [2.75, 3.05) is 13.1 Å². The monoisotopic (exact) mass is 304 g/mol. The molecule has 21 heavy (non-hydrogen) atoms. The summed E-state index contributed by atoms with van der Waals surface area (Å²) >= 11 is 0. The summed E-state index contributed by atoms with van der Waals surface area (Å²) in [6, 6.07) is 1.67. The van der Waals surface area contributed by atoms with Crippen molar-refractivity contribution in [2.24, 2.45) is 5.92 Å². The highest BCUT2D eigenvalue weighted by molar-refractivity contribution is 5.94. The number of rotatable bonds is 2. The van der Waals surface area contributed by atoms with E-state index in [4.69, 9.17) is 0 Å². The van der Waals surface area contributed by atoms with Crippen LogP contribution in [0.1, 0.15) is 29.3 Å². The van der Waals surface area contributed by atoms with Crippen molar-refractivity contribution in [3.05, 3.63) is 35.1 Å². The molecular formula is C14H16F4N2O. The highest BCUT2D eigenvalue weighted by Gasteiger charge is 2.32. The number of nitrogens with one attached hydrogen (secondary N) is 2. The highest BCUT2D eigenvalue weighted by Crippen LogP contribution is 2.30. The van der Waals surface area contributed by atoms with Crippen LogP contribution in [0.4, 0.5) is 17.6 Å². The lowest BCUT2D eigenvalue weighted by molar-refractivity contribution is -0.137. The molecule has 0 aliphatic carbocycles. The average molecular weight is 304 g/mol. The van der Waals surface area contributed by atoms with E-state index in [0.29, 0.717) is 37.7 Å². The van der Waals surface area contributed by atoms with E-state index >= 15 is 0 Å². The Bertz CT molecular complexity index is 530. The van der Waals surface area contributed by atoms with E-state index < -0.39 is 29.0 Å². The molecule has 1 aromatic carbocycles. The van der Waals surface area contributed by atoms with Crippen LogP contribution in [-0.2, 0) is 6.18 Å².